The van der Waals surface area contributed by atoms with E-state index >= 15 is 0 Å². The van der Waals surface area contributed by atoms with Crippen molar-refractivity contribution in [3.05, 3.63) is 103 Å². The average molecular weight is 483 g/mol. The molecule has 0 spiro atoms. The molecule has 0 atom stereocenters. The summed E-state index contributed by atoms with van der Waals surface area (Å²) in [5, 5.41) is 5.51. The maximum atomic E-state index is 13.3. The third-order valence-corrected chi connectivity index (χ3v) is 6.09. The molecular weight excluding hydrogens is 460 g/mol. The summed E-state index contributed by atoms with van der Waals surface area (Å²) in [6.45, 7) is 7.47. The molecule has 5 aromatic rings. The minimum absolute atomic E-state index is 0.199. The number of anilines is 2. The first kappa shape index (κ1) is 22.9. The first-order valence-electron chi connectivity index (χ1n) is 11.2. The number of nitrogens with one attached hydrogen (secondary N) is 2. The molecule has 2 amide bonds. The molecule has 0 fully saturated rings. The molecule has 0 saturated carbocycles. The lowest BCUT2D eigenvalue weighted by molar-refractivity contribution is 0.101. The smallest absolute Gasteiger partial charge is 0.283 e. The predicted molar refractivity (Wildman–Crippen MR) is 135 cm³/mol. The lowest BCUT2D eigenvalue weighted by atomic mass is 10.1. The van der Waals surface area contributed by atoms with Crippen LogP contribution in [0.3, 0.4) is 0 Å². The molecule has 0 aliphatic carbocycles. The molecule has 10 heteroatoms. The molecule has 2 N–H and O–H groups in total. The van der Waals surface area contributed by atoms with E-state index in [0.717, 1.165) is 43.7 Å². The van der Waals surface area contributed by atoms with Gasteiger partial charge in [0.2, 0.25) is 0 Å². The summed E-state index contributed by atoms with van der Waals surface area (Å²) in [6.07, 6.45) is 2.22. The third-order valence-electron chi connectivity index (χ3n) is 6.09. The number of aromatic nitrogens is 4. The first-order chi connectivity index (χ1) is 17.2. The maximum Gasteiger partial charge on any atom is 0.283 e. The Morgan fingerprint density at radius 2 is 1.06 bits per heavy atom. The molecule has 0 radical (unpaired) electrons. The number of aryl methyl sites for hydroxylation is 4. The van der Waals surface area contributed by atoms with E-state index < -0.39 is 22.9 Å². The molecule has 5 rings (SSSR count). The molecule has 0 aliphatic heterocycles. The van der Waals surface area contributed by atoms with Gasteiger partial charge in [0.15, 0.2) is 11.4 Å². The summed E-state index contributed by atoms with van der Waals surface area (Å²) in [5.74, 6) is -1.26. The molecule has 0 unspecified atom stereocenters. The van der Waals surface area contributed by atoms with E-state index in [9.17, 15) is 19.2 Å². The molecule has 10 nitrogen and oxygen atoms in total. The number of hydrogen-bond donors (Lipinski definition) is 2. The number of imidazole rings is 2. The van der Waals surface area contributed by atoms with Crippen LogP contribution >= 0.6 is 0 Å². The van der Waals surface area contributed by atoms with Gasteiger partial charge in [0, 0.05) is 11.4 Å². The number of hydrogen-bond acceptors (Lipinski definition) is 6. The van der Waals surface area contributed by atoms with Crippen molar-refractivity contribution >= 4 is 34.2 Å². The number of rotatable bonds is 4. The average Bonchev–Trinajstić information content (AvgIpc) is 3.48. The minimum Gasteiger partial charge on any atom is -0.320 e. The second-order valence-electron chi connectivity index (χ2n) is 8.78. The summed E-state index contributed by atoms with van der Waals surface area (Å²) < 4.78 is 1.96. The van der Waals surface area contributed by atoms with Gasteiger partial charge in [-0.15, -0.1) is 0 Å². The molecule has 3 aromatic heterocycles. The van der Waals surface area contributed by atoms with Crippen LogP contribution in [0, 0.1) is 27.7 Å². The number of carbonyl (C=O) groups is 2. The number of amides is 2. The molecule has 2 aromatic carbocycles. The van der Waals surface area contributed by atoms with Crippen LogP contribution < -0.4 is 21.8 Å². The number of carbonyl (C=O) groups excluding carboxylic acids is 2. The minimum atomic E-state index is -0.688. The lowest BCUT2D eigenvalue weighted by Gasteiger charge is -2.09. The predicted octanol–water partition coefficient (Wildman–Crippen LogP) is 2.88. The van der Waals surface area contributed by atoms with Gasteiger partial charge in [-0.3, -0.25) is 28.0 Å². The zero-order valence-corrected chi connectivity index (χ0v) is 20.0. The monoisotopic (exact) mass is 482 g/mol. The molecular formula is C26H22N6O4. The van der Waals surface area contributed by atoms with Crippen LogP contribution in [-0.4, -0.2) is 30.6 Å². The fourth-order valence-corrected chi connectivity index (χ4v) is 4.08. The second kappa shape index (κ2) is 8.42. The van der Waals surface area contributed by atoms with Gasteiger partial charge in [-0.25, -0.2) is 9.97 Å². The first-order valence-corrected chi connectivity index (χ1v) is 11.2. The van der Waals surface area contributed by atoms with E-state index in [1.165, 1.54) is 0 Å². The van der Waals surface area contributed by atoms with E-state index in [2.05, 4.69) is 20.6 Å². The van der Waals surface area contributed by atoms with Crippen molar-refractivity contribution < 1.29 is 9.59 Å². The van der Waals surface area contributed by atoms with Crippen molar-refractivity contribution in [2.45, 2.75) is 27.7 Å². The molecule has 0 aliphatic rings. The molecule has 180 valence electrons. The van der Waals surface area contributed by atoms with Gasteiger partial charge in [0.25, 0.3) is 22.9 Å². The molecule has 3 heterocycles. The van der Waals surface area contributed by atoms with Gasteiger partial charge < -0.3 is 10.6 Å². The Hall–Kier alpha value is -4.86. The summed E-state index contributed by atoms with van der Waals surface area (Å²) in [7, 11) is 0. The van der Waals surface area contributed by atoms with Gasteiger partial charge in [-0.05, 0) is 62.1 Å². The van der Waals surface area contributed by atoms with E-state index in [-0.39, 0.29) is 22.4 Å². The largest absolute Gasteiger partial charge is 0.320 e. The maximum absolute atomic E-state index is 13.3. The highest BCUT2D eigenvalue weighted by molar-refractivity contribution is 6.09. The van der Waals surface area contributed by atoms with Gasteiger partial charge in [0.05, 0.1) is 0 Å². The van der Waals surface area contributed by atoms with Crippen molar-refractivity contribution in [3.8, 4) is 0 Å². The zero-order chi connectivity index (χ0) is 25.7. The molecule has 0 bridgehead atoms. The van der Waals surface area contributed by atoms with Crippen LogP contribution in [0.2, 0.25) is 0 Å². The van der Waals surface area contributed by atoms with Crippen LogP contribution in [0.4, 0.5) is 11.4 Å². The Kier molecular flexibility index (Phi) is 5.36. The zero-order valence-electron chi connectivity index (χ0n) is 20.0. The van der Waals surface area contributed by atoms with Crippen LogP contribution in [0.25, 0.3) is 11.0 Å². The van der Waals surface area contributed by atoms with E-state index in [0.29, 0.717) is 11.4 Å². The van der Waals surface area contributed by atoms with Gasteiger partial charge in [-0.2, -0.15) is 0 Å². The Bertz CT molecular complexity index is 1680. The summed E-state index contributed by atoms with van der Waals surface area (Å²) >= 11 is 0. The van der Waals surface area contributed by atoms with Crippen LogP contribution in [-0.2, 0) is 0 Å². The Balaban J connectivity index is 1.58. The van der Waals surface area contributed by atoms with Gasteiger partial charge in [-0.1, -0.05) is 24.3 Å². The summed E-state index contributed by atoms with van der Waals surface area (Å²) in [6, 6.07) is 11.2. The normalized spacial score (nSPS) is 11.2. The second-order valence-corrected chi connectivity index (χ2v) is 8.78. The van der Waals surface area contributed by atoms with Crippen LogP contribution in [0.15, 0.2) is 58.6 Å². The highest BCUT2D eigenvalue weighted by atomic mass is 16.2. The van der Waals surface area contributed by atoms with Crippen LogP contribution in [0.5, 0.6) is 0 Å². The van der Waals surface area contributed by atoms with Crippen molar-refractivity contribution in [1.82, 2.24) is 18.8 Å². The number of benzene rings is 2. The topological polar surface area (TPSA) is 127 Å². The Morgan fingerprint density at radius 1 is 0.667 bits per heavy atom. The van der Waals surface area contributed by atoms with Crippen molar-refractivity contribution in [2.24, 2.45) is 0 Å². The van der Waals surface area contributed by atoms with Gasteiger partial charge in [0.1, 0.15) is 23.7 Å². The quantitative estimate of drug-likeness (QED) is 0.406. The SMILES string of the molecule is Cc1ccc(C)c(NC(=O)c2ncn3c(=O)c4c(C(=O)Nc5cc(C)ccc5C)ncn4c(=O)c23)c1. The highest BCUT2D eigenvalue weighted by Crippen LogP contribution is 2.19. The van der Waals surface area contributed by atoms with Crippen molar-refractivity contribution in [1.29, 1.82) is 0 Å². The van der Waals surface area contributed by atoms with Crippen molar-refractivity contribution in [3.63, 3.8) is 0 Å². The van der Waals surface area contributed by atoms with E-state index in [4.69, 9.17) is 0 Å². The van der Waals surface area contributed by atoms with Crippen molar-refractivity contribution in [2.75, 3.05) is 10.6 Å². The highest BCUT2D eigenvalue weighted by Gasteiger charge is 2.25. The Labute approximate surface area is 204 Å². The molecule has 36 heavy (non-hydrogen) atoms. The lowest BCUT2D eigenvalue weighted by Crippen LogP contribution is -2.28. The standard InChI is InChI=1S/C26H22N6O4/c1-13-5-7-15(3)17(9-13)29-23(33)19-21-25(35)32-12-28-20(22(32)26(36)31(21)11-27-19)24(34)30-18-10-14(2)6-8-16(18)4/h5-12H,1-4H3,(H,29,33)(H,30,34). The van der Waals surface area contributed by atoms with E-state index in [1.807, 2.05) is 52.0 Å². The number of nitrogens with zero attached hydrogens (tertiary/aromatic N) is 4. The summed E-state index contributed by atoms with van der Waals surface area (Å²) in [4.78, 5) is 60.7. The van der Waals surface area contributed by atoms with E-state index in [1.54, 1.807) is 12.1 Å². The summed E-state index contributed by atoms with van der Waals surface area (Å²) in [5.41, 5.74) is 2.54. The number of fused-ring (bicyclic) bond motifs is 2. The molecule has 0 saturated heterocycles. The van der Waals surface area contributed by atoms with Crippen LogP contribution in [0.1, 0.15) is 43.2 Å². The van der Waals surface area contributed by atoms with Gasteiger partial charge >= 0.3 is 0 Å². The Morgan fingerprint density at radius 3 is 1.44 bits per heavy atom. The fourth-order valence-electron chi connectivity index (χ4n) is 4.08. The fraction of sp³-hybridized carbons (Fsp3) is 0.154. The third kappa shape index (κ3) is 3.68.